The van der Waals surface area contributed by atoms with Gasteiger partial charge in [-0.1, -0.05) is 12.1 Å². The number of carbonyl (C=O) groups is 2. The summed E-state index contributed by atoms with van der Waals surface area (Å²) in [6, 6.07) is 11.0. The van der Waals surface area contributed by atoms with Crippen LogP contribution in [0.3, 0.4) is 0 Å². The maximum Gasteiger partial charge on any atom is 0.267 e. The Morgan fingerprint density at radius 1 is 1.04 bits per heavy atom. The molecule has 1 saturated heterocycles. The number of para-hydroxylation sites is 2. The van der Waals surface area contributed by atoms with Crippen LogP contribution >= 0.6 is 0 Å². The van der Waals surface area contributed by atoms with Gasteiger partial charge in [-0.25, -0.2) is 0 Å². The van der Waals surface area contributed by atoms with Gasteiger partial charge < -0.3 is 24.1 Å². The summed E-state index contributed by atoms with van der Waals surface area (Å²) in [5, 5.41) is 2.84. The fraction of sp³-hybridized carbons (Fsp3) is 0.400. The average molecular weight is 385 g/mol. The number of carbonyl (C=O) groups excluding carboxylic acids is 2. The molecule has 3 heterocycles. The second-order valence-electron chi connectivity index (χ2n) is 6.82. The number of hydrogen-bond acceptors (Lipinski definition) is 6. The van der Waals surface area contributed by atoms with Crippen LogP contribution in [0.25, 0.3) is 0 Å². The minimum Gasteiger partial charge on any atom is -0.485 e. The van der Waals surface area contributed by atoms with E-state index < -0.39 is 6.10 Å². The Labute approximate surface area is 163 Å². The van der Waals surface area contributed by atoms with Gasteiger partial charge in [-0.05, 0) is 24.3 Å². The molecule has 148 valence electrons. The second-order valence-corrected chi connectivity index (χ2v) is 6.82. The molecule has 8 nitrogen and oxygen atoms in total. The third-order valence-electron chi connectivity index (χ3n) is 4.88. The fourth-order valence-electron chi connectivity index (χ4n) is 3.33. The Kier molecular flexibility index (Phi) is 5.48. The van der Waals surface area contributed by atoms with Crippen molar-refractivity contribution in [1.29, 1.82) is 0 Å². The molecule has 2 aliphatic rings. The zero-order valence-corrected chi connectivity index (χ0v) is 15.5. The van der Waals surface area contributed by atoms with Gasteiger partial charge >= 0.3 is 0 Å². The van der Waals surface area contributed by atoms with Crippen molar-refractivity contribution < 1.29 is 23.5 Å². The van der Waals surface area contributed by atoms with Gasteiger partial charge in [0.2, 0.25) is 12.0 Å². The zero-order valence-electron chi connectivity index (χ0n) is 15.5. The first-order chi connectivity index (χ1) is 13.7. The SMILES string of the molecule is O=C(CN1CCN(C(=O)C2COc3ccccc3O2)CC1)NCc1ccco1. The summed E-state index contributed by atoms with van der Waals surface area (Å²) < 4.78 is 16.6. The smallest absolute Gasteiger partial charge is 0.267 e. The van der Waals surface area contributed by atoms with Crippen LogP contribution in [0.1, 0.15) is 5.76 Å². The van der Waals surface area contributed by atoms with Crippen LogP contribution in [0.5, 0.6) is 11.5 Å². The highest BCUT2D eigenvalue weighted by atomic mass is 16.6. The van der Waals surface area contributed by atoms with Gasteiger partial charge in [-0.3, -0.25) is 14.5 Å². The predicted octanol–water partition coefficient (Wildman–Crippen LogP) is 0.880. The Morgan fingerprint density at radius 2 is 1.82 bits per heavy atom. The predicted molar refractivity (Wildman–Crippen MR) is 99.9 cm³/mol. The summed E-state index contributed by atoms with van der Waals surface area (Å²) in [5.74, 6) is 1.85. The molecule has 1 aromatic heterocycles. The molecule has 0 saturated carbocycles. The highest BCUT2D eigenvalue weighted by Gasteiger charge is 2.32. The van der Waals surface area contributed by atoms with Gasteiger partial charge in [0, 0.05) is 26.2 Å². The molecule has 0 radical (unpaired) electrons. The van der Waals surface area contributed by atoms with E-state index in [0.717, 1.165) is 5.76 Å². The van der Waals surface area contributed by atoms with Crippen molar-refractivity contribution in [2.24, 2.45) is 0 Å². The van der Waals surface area contributed by atoms with Crippen molar-refractivity contribution in [3.05, 3.63) is 48.4 Å². The van der Waals surface area contributed by atoms with Crippen LogP contribution in [-0.4, -0.2) is 67.0 Å². The molecule has 28 heavy (non-hydrogen) atoms. The van der Waals surface area contributed by atoms with Gasteiger partial charge in [0.25, 0.3) is 5.91 Å². The molecule has 2 aliphatic heterocycles. The standard InChI is InChI=1S/C20H23N3O5/c24-19(21-12-15-4-3-11-26-15)13-22-7-9-23(10-8-22)20(25)18-14-27-16-5-1-2-6-17(16)28-18/h1-6,11,18H,7-10,12-14H2,(H,21,24). The highest BCUT2D eigenvalue weighted by Crippen LogP contribution is 2.31. The number of amides is 2. The van der Waals surface area contributed by atoms with Crippen LogP contribution in [0, 0.1) is 0 Å². The maximum atomic E-state index is 12.7. The highest BCUT2D eigenvalue weighted by molar-refractivity contribution is 5.82. The fourth-order valence-corrected chi connectivity index (χ4v) is 3.33. The number of benzene rings is 1. The number of rotatable bonds is 5. The number of fused-ring (bicyclic) bond motifs is 1. The molecule has 0 spiro atoms. The van der Waals surface area contributed by atoms with Crippen LogP contribution in [0.15, 0.2) is 47.1 Å². The number of piperazine rings is 1. The minimum absolute atomic E-state index is 0.0585. The summed E-state index contributed by atoms with van der Waals surface area (Å²) >= 11 is 0. The monoisotopic (exact) mass is 385 g/mol. The van der Waals surface area contributed by atoms with E-state index in [0.29, 0.717) is 50.8 Å². The van der Waals surface area contributed by atoms with E-state index in [1.165, 1.54) is 0 Å². The molecule has 1 fully saturated rings. The van der Waals surface area contributed by atoms with E-state index in [4.69, 9.17) is 13.9 Å². The van der Waals surface area contributed by atoms with Crippen LogP contribution in [0.4, 0.5) is 0 Å². The van der Waals surface area contributed by atoms with E-state index >= 15 is 0 Å². The molecule has 4 rings (SSSR count). The second kappa shape index (κ2) is 8.35. The summed E-state index contributed by atoms with van der Waals surface area (Å²) in [6.45, 7) is 3.31. The third-order valence-corrected chi connectivity index (χ3v) is 4.88. The number of hydrogen-bond donors (Lipinski definition) is 1. The molecule has 0 bridgehead atoms. The quantitative estimate of drug-likeness (QED) is 0.823. The van der Waals surface area contributed by atoms with Crippen molar-refractivity contribution in [3.8, 4) is 11.5 Å². The largest absolute Gasteiger partial charge is 0.485 e. The molecule has 0 aliphatic carbocycles. The average Bonchev–Trinajstić information content (AvgIpc) is 3.26. The molecule has 1 N–H and O–H groups in total. The van der Waals surface area contributed by atoms with E-state index in [2.05, 4.69) is 5.32 Å². The van der Waals surface area contributed by atoms with Crippen molar-refractivity contribution in [1.82, 2.24) is 15.1 Å². The van der Waals surface area contributed by atoms with E-state index in [-0.39, 0.29) is 18.4 Å². The number of nitrogens with zero attached hydrogens (tertiary/aromatic N) is 2. The van der Waals surface area contributed by atoms with Crippen molar-refractivity contribution in [2.45, 2.75) is 12.6 Å². The first kappa shape index (κ1) is 18.4. The zero-order chi connectivity index (χ0) is 19.3. The number of furan rings is 1. The lowest BCUT2D eigenvalue weighted by Crippen LogP contribution is -2.55. The van der Waals surface area contributed by atoms with Gasteiger partial charge in [0.15, 0.2) is 11.5 Å². The molecule has 1 aromatic carbocycles. The Bertz CT molecular complexity index is 815. The van der Waals surface area contributed by atoms with Gasteiger partial charge in [-0.2, -0.15) is 0 Å². The lowest BCUT2D eigenvalue weighted by Gasteiger charge is -2.36. The summed E-state index contributed by atoms with van der Waals surface area (Å²) in [7, 11) is 0. The molecule has 2 aromatic rings. The Hall–Kier alpha value is -3.00. The number of ether oxygens (including phenoxy) is 2. The third kappa shape index (κ3) is 4.28. The Balaban J connectivity index is 1.22. The van der Waals surface area contributed by atoms with Crippen molar-refractivity contribution in [2.75, 3.05) is 39.3 Å². The summed E-state index contributed by atoms with van der Waals surface area (Å²) in [6.07, 6.45) is 0.954. The van der Waals surface area contributed by atoms with E-state index in [9.17, 15) is 9.59 Å². The molecule has 1 unspecified atom stereocenters. The minimum atomic E-state index is -0.627. The summed E-state index contributed by atoms with van der Waals surface area (Å²) in [4.78, 5) is 28.6. The van der Waals surface area contributed by atoms with E-state index in [1.54, 1.807) is 23.3 Å². The van der Waals surface area contributed by atoms with Gasteiger partial charge in [0.05, 0.1) is 19.4 Å². The Morgan fingerprint density at radius 3 is 2.57 bits per heavy atom. The van der Waals surface area contributed by atoms with Crippen LogP contribution < -0.4 is 14.8 Å². The normalized spacial score (nSPS) is 19.3. The first-order valence-electron chi connectivity index (χ1n) is 9.38. The summed E-state index contributed by atoms with van der Waals surface area (Å²) in [5.41, 5.74) is 0. The van der Waals surface area contributed by atoms with Gasteiger partial charge in [-0.15, -0.1) is 0 Å². The first-order valence-corrected chi connectivity index (χ1v) is 9.38. The lowest BCUT2D eigenvalue weighted by molar-refractivity contribution is -0.143. The molecular formula is C20H23N3O5. The van der Waals surface area contributed by atoms with E-state index in [1.807, 2.05) is 29.2 Å². The number of nitrogens with one attached hydrogen (secondary N) is 1. The van der Waals surface area contributed by atoms with Crippen LogP contribution in [0.2, 0.25) is 0 Å². The molecular weight excluding hydrogens is 362 g/mol. The molecule has 8 heteroatoms. The van der Waals surface area contributed by atoms with Crippen molar-refractivity contribution in [3.63, 3.8) is 0 Å². The topological polar surface area (TPSA) is 84.3 Å². The maximum absolute atomic E-state index is 12.7. The lowest BCUT2D eigenvalue weighted by atomic mass is 10.2. The van der Waals surface area contributed by atoms with Gasteiger partial charge in [0.1, 0.15) is 12.4 Å². The van der Waals surface area contributed by atoms with Crippen LogP contribution in [-0.2, 0) is 16.1 Å². The molecule has 2 amide bonds. The molecule has 1 atom stereocenters. The van der Waals surface area contributed by atoms with Crippen molar-refractivity contribution >= 4 is 11.8 Å².